The molecular weight excluding hydrogens is 333 g/mol. The van der Waals surface area contributed by atoms with Gasteiger partial charge in [-0.05, 0) is 19.4 Å². The van der Waals surface area contributed by atoms with Crippen molar-refractivity contribution in [3.63, 3.8) is 0 Å². The molecule has 0 saturated heterocycles. The number of hydrogen-bond donors (Lipinski definition) is 2. The molecule has 0 bridgehead atoms. The van der Waals surface area contributed by atoms with Crippen LogP contribution in [0.4, 0.5) is 18.9 Å². The third-order valence-corrected chi connectivity index (χ3v) is 3.15. The smallest absolute Gasteiger partial charge is 0.350 e. The molecule has 0 unspecified atom stereocenters. The molecule has 2 aromatic heterocycles. The van der Waals surface area contributed by atoms with E-state index < -0.39 is 28.4 Å². The molecule has 0 aliphatic rings. The minimum absolute atomic E-state index is 0.107. The Hall–Kier alpha value is -2.92. The van der Waals surface area contributed by atoms with Crippen LogP contribution >= 0.6 is 0 Å². The zero-order valence-electron chi connectivity index (χ0n) is 12.4. The Morgan fingerprint density at radius 3 is 2.79 bits per heavy atom. The van der Waals surface area contributed by atoms with Gasteiger partial charge in [-0.2, -0.15) is 23.4 Å². The highest BCUT2D eigenvalue weighted by Crippen LogP contribution is 2.28. The van der Waals surface area contributed by atoms with Crippen molar-refractivity contribution in [3.05, 3.63) is 39.5 Å². The third kappa shape index (κ3) is 3.88. The Balaban J connectivity index is 1.87. The first-order valence-corrected chi connectivity index (χ1v) is 6.77. The number of aryl methyl sites for hydroxylation is 2. The topological polar surface area (TPSA) is 119 Å². The number of amides is 1. The molecule has 0 aromatic carbocycles. The van der Waals surface area contributed by atoms with Crippen LogP contribution in [0, 0.1) is 17.0 Å². The number of aromatic amines is 1. The summed E-state index contributed by atoms with van der Waals surface area (Å²) < 4.78 is 38.8. The fraction of sp³-hybridized carbons (Fsp3) is 0.417. The molecule has 130 valence electrons. The summed E-state index contributed by atoms with van der Waals surface area (Å²) in [6, 6.07) is 0.937. The summed E-state index contributed by atoms with van der Waals surface area (Å²) in [5, 5.41) is 22.2. The molecule has 1 amide bonds. The van der Waals surface area contributed by atoms with Gasteiger partial charge in [0.15, 0.2) is 5.69 Å². The molecule has 0 aliphatic heterocycles. The normalized spacial score (nSPS) is 11.5. The Morgan fingerprint density at radius 1 is 1.50 bits per heavy atom. The number of nitro groups is 1. The third-order valence-electron chi connectivity index (χ3n) is 3.15. The van der Waals surface area contributed by atoms with E-state index in [4.69, 9.17) is 0 Å². The predicted molar refractivity (Wildman–Crippen MR) is 74.2 cm³/mol. The zero-order chi connectivity index (χ0) is 17.9. The van der Waals surface area contributed by atoms with Gasteiger partial charge in [0, 0.05) is 18.8 Å². The lowest BCUT2D eigenvalue weighted by molar-refractivity contribution is -0.385. The van der Waals surface area contributed by atoms with Crippen LogP contribution in [0.3, 0.4) is 0 Å². The SMILES string of the molecule is Cc1cc(C(F)(F)F)nn1CCCNC(=O)c1[nH]ncc1[N+](=O)[O-]. The Morgan fingerprint density at radius 2 is 2.21 bits per heavy atom. The van der Waals surface area contributed by atoms with Crippen LogP contribution < -0.4 is 5.32 Å². The maximum Gasteiger partial charge on any atom is 0.435 e. The number of carbonyl (C=O) groups is 1. The molecule has 2 heterocycles. The highest BCUT2D eigenvalue weighted by atomic mass is 19.4. The molecule has 0 saturated carbocycles. The van der Waals surface area contributed by atoms with Crippen molar-refractivity contribution < 1.29 is 22.9 Å². The number of halogens is 3. The van der Waals surface area contributed by atoms with Gasteiger partial charge in [0.1, 0.15) is 6.20 Å². The van der Waals surface area contributed by atoms with E-state index in [0.29, 0.717) is 12.1 Å². The number of nitrogens with zero attached hydrogens (tertiary/aromatic N) is 4. The lowest BCUT2D eigenvalue weighted by Gasteiger charge is -2.06. The summed E-state index contributed by atoms with van der Waals surface area (Å²) in [5.41, 5.74) is -1.37. The van der Waals surface area contributed by atoms with E-state index in [1.807, 2.05) is 0 Å². The second-order valence-corrected chi connectivity index (χ2v) is 4.89. The highest BCUT2D eigenvalue weighted by molar-refractivity contribution is 5.95. The summed E-state index contributed by atoms with van der Waals surface area (Å²) in [4.78, 5) is 21.7. The van der Waals surface area contributed by atoms with Crippen LogP contribution in [0.15, 0.2) is 12.3 Å². The van der Waals surface area contributed by atoms with Gasteiger partial charge in [0.25, 0.3) is 5.91 Å². The van der Waals surface area contributed by atoms with Crippen LogP contribution in [0.1, 0.15) is 28.3 Å². The van der Waals surface area contributed by atoms with Gasteiger partial charge < -0.3 is 5.32 Å². The van der Waals surface area contributed by atoms with Crippen molar-refractivity contribution in [1.82, 2.24) is 25.3 Å². The van der Waals surface area contributed by atoms with Crippen molar-refractivity contribution in [2.75, 3.05) is 6.54 Å². The van der Waals surface area contributed by atoms with Gasteiger partial charge in [0.2, 0.25) is 5.69 Å². The Kier molecular flexibility index (Phi) is 4.85. The molecule has 24 heavy (non-hydrogen) atoms. The maximum absolute atomic E-state index is 12.5. The second-order valence-electron chi connectivity index (χ2n) is 4.89. The first-order chi connectivity index (χ1) is 11.2. The highest BCUT2D eigenvalue weighted by Gasteiger charge is 2.34. The summed E-state index contributed by atoms with van der Waals surface area (Å²) in [5.74, 6) is -0.715. The van der Waals surface area contributed by atoms with E-state index in [1.165, 1.54) is 11.6 Å². The molecule has 0 radical (unpaired) electrons. The molecular formula is C12H13F3N6O3. The number of aromatic nitrogens is 4. The van der Waals surface area contributed by atoms with E-state index in [-0.39, 0.29) is 18.8 Å². The van der Waals surface area contributed by atoms with E-state index in [1.54, 1.807) is 0 Å². The van der Waals surface area contributed by atoms with Crippen molar-refractivity contribution in [2.45, 2.75) is 26.1 Å². The number of alkyl halides is 3. The fourth-order valence-electron chi connectivity index (χ4n) is 1.98. The standard InChI is InChI=1S/C12H13F3N6O3/c1-7-5-9(12(13,14)15)19-20(7)4-2-3-16-11(22)10-8(21(23)24)6-17-18-10/h5-6H,2-4H2,1H3,(H,16,22)(H,17,18). The van der Waals surface area contributed by atoms with E-state index in [2.05, 4.69) is 20.6 Å². The Labute approximate surface area is 133 Å². The predicted octanol–water partition coefficient (Wildman–Crippen LogP) is 1.66. The minimum Gasteiger partial charge on any atom is -0.350 e. The van der Waals surface area contributed by atoms with E-state index >= 15 is 0 Å². The summed E-state index contributed by atoms with van der Waals surface area (Å²) >= 11 is 0. The molecule has 12 heteroatoms. The molecule has 2 rings (SSSR count). The van der Waals surface area contributed by atoms with Crippen LogP contribution in [0.25, 0.3) is 0 Å². The molecule has 0 aliphatic carbocycles. The molecule has 2 N–H and O–H groups in total. The lowest BCUT2D eigenvalue weighted by Crippen LogP contribution is -2.26. The van der Waals surface area contributed by atoms with Gasteiger partial charge in [-0.15, -0.1) is 0 Å². The molecule has 0 spiro atoms. The first kappa shape index (κ1) is 17.4. The van der Waals surface area contributed by atoms with E-state index in [9.17, 15) is 28.1 Å². The number of carbonyl (C=O) groups excluding carboxylic acids is 1. The quantitative estimate of drug-likeness (QED) is 0.468. The fourth-order valence-corrected chi connectivity index (χ4v) is 1.98. The molecule has 9 nitrogen and oxygen atoms in total. The summed E-state index contributed by atoms with van der Waals surface area (Å²) in [6.07, 6.45) is -3.29. The lowest BCUT2D eigenvalue weighted by atomic mass is 10.3. The monoisotopic (exact) mass is 346 g/mol. The van der Waals surface area contributed by atoms with Crippen LogP contribution in [0.5, 0.6) is 0 Å². The second kappa shape index (κ2) is 6.68. The van der Waals surface area contributed by atoms with Gasteiger partial charge in [-0.3, -0.25) is 24.7 Å². The maximum atomic E-state index is 12.5. The molecule has 0 atom stereocenters. The van der Waals surface area contributed by atoms with Crippen molar-refractivity contribution in [3.8, 4) is 0 Å². The van der Waals surface area contributed by atoms with Crippen molar-refractivity contribution in [1.29, 1.82) is 0 Å². The Bertz CT molecular complexity index is 752. The summed E-state index contributed by atoms with van der Waals surface area (Å²) in [6.45, 7) is 1.76. The first-order valence-electron chi connectivity index (χ1n) is 6.77. The zero-order valence-corrected chi connectivity index (χ0v) is 12.4. The van der Waals surface area contributed by atoms with Crippen LogP contribution in [0.2, 0.25) is 0 Å². The molecule has 0 fully saturated rings. The van der Waals surface area contributed by atoms with Crippen molar-refractivity contribution in [2.24, 2.45) is 0 Å². The van der Waals surface area contributed by atoms with Crippen LogP contribution in [-0.2, 0) is 12.7 Å². The van der Waals surface area contributed by atoms with Gasteiger partial charge in [-0.25, -0.2) is 0 Å². The van der Waals surface area contributed by atoms with Crippen molar-refractivity contribution >= 4 is 11.6 Å². The van der Waals surface area contributed by atoms with Gasteiger partial charge >= 0.3 is 11.9 Å². The molecule has 2 aromatic rings. The largest absolute Gasteiger partial charge is 0.435 e. The average molecular weight is 346 g/mol. The average Bonchev–Trinajstić information content (AvgIpc) is 3.09. The number of rotatable bonds is 6. The number of nitrogens with one attached hydrogen (secondary N) is 2. The van der Waals surface area contributed by atoms with Gasteiger partial charge in [-0.1, -0.05) is 0 Å². The summed E-state index contributed by atoms with van der Waals surface area (Å²) in [7, 11) is 0. The number of H-pyrrole nitrogens is 1. The van der Waals surface area contributed by atoms with Crippen LogP contribution in [-0.4, -0.2) is 37.4 Å². The number of hydrogen-bond acceptors (Lipinski definition) is 5. The van der Waals surface area contributed by atoms with Gasteiger partial charge in [0.05, 0.1) is 4.92 Å². The minimum atomic E-state index is -4.51. The van der Waals surface area contributed by atoms with E-state index in [0.717, 1.165) is 12.3 Å².